The van der Waals surface area contributed by atoms with Crippen molar-refractivity contribution >= 4 is 6.21 Å². The number of phenolic OH excluding ortho intramolecular Hbond substituents is 1. The van der Waals surface area contributed by atoms with Crippen LogP contribution in [0.2, 0.25) is 0 Å². The molecule has 1 N–H and O–H groups in total. The van der Waals surface area contributed by atoms with Gasteiger partial charge in [0.05, 0.1) is 6.04 Å². The van der Waals surface area contributed by atoms with Gasteiger partial charge in [-0.25, -0.2) is 0 Å². The molecular weight excluding hydrogens is 450 g/mol. The van der Waals surface area contributed by atoms with E-state index in [9.17, 15) is 5.11 Å². The van der Waals surface area contributed by atoms with E-state index in [-0.39, 0.29) is 6.04 Å². The van der Waals surface area contributed by atoms with Crippen LogP contribution < -0.4 is 0 Å². The molecule has 188 valence electrons. The smallest absolute Gasteiger partial charge is 0.129 e. The van der Waals surface area contributed by atoms with E-state index >= 15 is 0 Å². The van der Waals surface area contributed by atoms with Crippen molar-refractivity contribution in [3.05, 3.63) is 125 Å². The Morgan fingerprint density at radius 2 is 1.32 bits per heavy atom. The SMILES string of the molecule is CC1CCCC(N=Cc2c(-c3ccccc3)ccc(C(C)(c3ccccc3)c3ccccc3)c2O)C1C. The summed E-state index contributed by atoms with van der Waals surface area (Å²) in [7, 11) is 0. The van der Waals surface area contributed by atoms with Crippen LogP contribution in [0.1, 0.15) is 62.3 Å². The lowest BCUT2D eigenvalue weighted by molar-refractivity contribution is 0.242. The summed E-state index contributed by atoms with van der Waals surface area (Å²) in [6, 6.07) is 35.8. The van der Waals surface area contributed by atoms with Crippen LogP contribution in [0, 0.1) is 11.8 Å². The van der Waals surface area contributed by atoms with Gasteiger partial charge in [0.15, 0.2) is 0 Å². The Balaban J connectivity index is 1.70. The molecule has 0 radical (unpaired) electrons. The summed E-state index contributed by atoms with van der Waals surface area (Å²) in [5, 5.41) is 12.0. The van der Waals surface area contributed by atoms with Gasteiger partial charge in [-0.3, -0.25) is 4.99 Å². The van der Waals surface area contributed by atoms with Gasteiger partial charge in [0.25, 0.3) is 0 Å². The average molecular weight is 488 g/mol. The Morgan fingerprint density at radius 3 is 1.92 bits per heavy atom. The third kappa shape index (κ3) is 4.85. The fourth-order valence-corrected chi connectivity index (χ4v) is 5.97. The minimum Gasteiger partial charge on any atom is -0.507 e. The highest BCUT2D eigenvalue weighted by Crippen LogP contribution is 2.45. The van der Waals surface area contributed by atoms with Crippen molar-refractivity contribution in [2.75, 3.05) is 0 Å². The highest BCUT2D eigenvalue weighted by Gasteiger charge is 2.35. The molecule has 0 aliphatic heterocycles. The Hall–Kier alpha value is -3.65. The predicted octanol–water partition coefficient (Wildman–Crippen LogP) is 8.66. The second-order valence-corrected chi connectivity index (χ2v) is 10.8. The zero-order chi connectivity index (χ0) is 25.8. The van der Waals surface area contributed by atoms with Crippen molar-refractivity contribution in [2.24, 2.45) is 16.8 Å². The van der Waals surface area contributed by atoms with E-state index in [1.807, 2.05) is 36.5 Å². The van der Waals surface area contributed by atoms with Crippen LogP contribution in [0.25, 0.3) is 11.1 Å². The number of aliphatic imine (C=N–C) groups is 1. The first kappa shape index (κ1) is 25.0. The molecule has 2 nitrogen and oxygen atoms in total. The molecule has 1 aliphatic carbocycles. The number of hydrogen-bond acceptors (Lipinski definition) is 2. The molecule has 0 aromatic heterocycles. The van der Waals surface area contributed by atoms with Gasteiger partial charge in [-0.15, -0.1) is 0 Å². The Kier molecular flexibility index (Phi) is 7.28. The lowest BCUT2D eigenvalue weighted by Gasteiger charge is -2.33. The highest BCUT2D eigenvalue weighted by molar-refractivity contribution is 5.94. The summed E-state index contributed by atoms with van der Waals surface area (Å²) in [5.41, 5.74) is 5.52. The second kappa shape index (κ2) is 10.8. The van der Waals surface area contributed by atoms with Gasteiger partial charge in [0.2, 0.25) is 0 Å². The molecule has 0 spiro atoms. The Bertz CT molecular complexity index is 1300. The molecule has 3 unspecified atom stereocenters. The van der Waals surface area contributed by atoms with E-state index in [1.54, 1.807) is 0 Å². The lowest BCUT2D eigenvalue weighted by atomic mass is 9.70. The van der Waals surface area contributed by atoms with Gasteiger partial charge < -0.3 is 5.11 Å². The summed E-state index contributed by atoms with van der Waals surface area (Å²) < 4.78 is 0. The molecule has 3 atom stereocenters. The normalized spacial score (nSPS) is 20.2. The molecule has 0 saturated heterocycles. The van der Waals surface area contributed by atoms with Gasteiger partial charge in [-0.1, -0.05) is 130 Å². The van der Waals surface area contributed by atoms with Crippen LogP contribution in [0.3, 0.4) is 0 Å². The van der Waals surface area contributed by atoms with Crippen LogP contribution in [0.15, 0.2) is 108 Å². The van der Waals surface area contributed by atoms with Crippen molar-refractivity contribution in [1.82, 2.24) is 0 Å². The van der Waals surface area contributed by atoms with Gasteiger partial charge in [0, 0.05) is 22.8 Å². The molecule has 0 amide bonds. The molecule has 1 fully saturated rings. The van der Waals surface area contributed by atoms with Crippen molar-refractivity contribution < 1.29 is 5.11 Å². The molecule has 1 aliphatic rings. The molecule has 0 heterocycles. The van der Waals surface area contributed by atoms with Crippen LogP contribution in [0.5, 0.6) is 5.75 Å². The average Bonchev–Trinajstić information content (AvgIpc) is 2.95. The molecule has 37 heavy (non-hydrogen) atoms. The standard InChI is InChI=1S/C35H37NO/c1-25-14-13-21-33(26(25)2)36-24-31-30(27-15-7-4-8-16-27)22-23-32(34(31)37)35(3,28-17-9-5-10-18-28)29-19-11-6-12-20-29/h4-12,15-20,22-26,33,37H,13-14,21H2,1-3H3. The van der Waals surface area contributed by atoms with Crippen molar-refractivity contribution in [3.8, 4) is 16.9 Å². The summed E-state index contributed by atoms with van der Waals surface area (Å²) in [4.78, 5) is 5.12. The second-order valence-electron chi connectivity index (χ2n) is 10.8. The summed E-state index contributed by atoms with van der Waals surface area (Å²) in [5.74, 6) is 1.51. The molecular formula is C35H37NO. The predicted molar refractivity (Wildman–Crippen MR) is 156 cm³/mol. The first-order valence-electron chi connectivity index (χ1n) is 13.6. The summed E-state index contributed by atoms with van der Waals surface area (Å²) in [6.07, 6.45) is 5.55. The largest absolute Gasteiger partial charge is 0.507 e. The molecule has 4 aromatic carbocycles. The Labute approximate surface area is 221 Å². The first-order chi connectivity index (χ1) is 18.0. The maximum Gasteiger partial charge on any atom is 0.129 e. The molecule has 5 rings (SSSR count). The topological polar surface area (TPSA) is 32.6 Å². The Morgan fingerprint density at radius 1 is 0.757 bits per heavy atom. The number of rotatable bonds is 6. The van der Waals surface area contributed by atoms with E-state index < -0.39 is 5.41 Å². The van der Waals surface area contributed by atoms with Crippen molar-refractivity contribution in [3.63, 3.8) is 0 Å². The molecule has 4 aromatic rings. The highest BCUT2D eigenvalue weighted by atomic mass is 16.3. The third-order valence-electron chi connectivity index (χ3n) is 8.60. The van der Waals surface area contributed by atoms with E-state index in [0.29, 0.717) is 17.6 Å². The van der Waals surface area contributed by atoms with Gasteiger partial charge in [-0.05, 0) is 47.4 Å². The number of hydrogen-bond donors (Lipinski definition) is 1. The van der Waals surface area contributed by atoms with Crippen LogP contribution in [-0.2, 0) is 5.41 Å². The number of aromatic hydroxyl groups is 1. The minimum absolute atomic E-state index is 0.282. The van der Waals surface area contributed by atoms with E-state index in [2.05, 4.69) is 93.6 Å². The summed E-state index contributed by atoms with van der Waals surface area (Å²) in [6.45, 7) is 6.87. The molecule has 1 saturated carbocycles. The number of phenols is 1. The molecule has 2 heteroatoms. The number of nitrogens with zero attached hydrogens (tertiary/aromatic N) is 1. The van der Waals surface area contributed by atoms with E-state index in [1.165, 1.54) is 12.8 Å². The van der Waals surface area contributed by atoms with Gasteiger partial charge in [-0.2, -0.15) is 0 Å². The van der Waals surface area contributed by atoms with Crippen LogP contribution in [0.4, 0.5) is 0 Å². The summed E-state index contributed by atoms with van der Waals surface area (Å²) >= 11 is 0. The van der Waals surface area contributed by atoms with Crippen LogP contribution in [-0.4, -0.2) is 17.4 Å². The zero-order valence-corrected chi connectivity index (χ0v) is 22.1. The first-order valence-corrected chi connectivity index (χ1v) is 13.6. The fourth-order valence-electron chi connectivity index (χ4n) is 5.97. The monoisotopic (exact) mass is 487 g/mol. The van der Waals surface area contributed by atoms with Crippen LogP contribution >= 0.6 is 0 Å². The third-order valence-corrected chi connectivity index (χ3v) is 8.60. The number of benzene rings is 4. The fraction of sp³-hybridized carbons (Fsp3) is 0.286. The van der Waals surface area contributed by atoms with Gasteiger partial charge in [0.1, 0.15) is 5.75 Å². The zero-order valence-electron chi connectivity index (χ0n) is 22.1. The molecule has 0 bridgehead atoms. The van der Waals surface area contributed by atoms with Crippen molar-refractivity contribution in [2.45, 2.75) is 51.5 Å². The van der Waals surface area contributed by atoms with E-state index in [0.717, 1.165) is 39.8 Å². The quantitative estimate of drug-likeness (QED) is 0.214. The van der Waals surface area contributed by atoms with E-state index in [4.69, 9.17) is 4.99 Å². The van der Waals surface area contributed by atoms with Crippen molar-refractivity contribution in [1.29, 1.82) is 0 Å². The maximum atomic E-state index is 12.0. The van der Waals surface area contributed by atoms with Gasteiger partial charge >= 0.3 is 0 Å². The maximum absolute atomic E-state index is 12.0. The minimum atomic E-state index is -0.531. The lowest BCUT2D eigenvalue weighted by Crippen LogP contribution is -2.27.